The van der Waals surface area contributed by atoms with Crippen molar-refractivity contribution in [3.8, 4) is 22.6 Å². The third-order valence-corrected chi connectivity index (χ3v) is 3.50. The van der Waals surface area contributed by atoms with Crippen LogP contribution in [0.3, 0.4) is 0 Å². The maximum absolute atomic E-state index is 11.4. The zero-order chi connectivity index (χ0) is 14.7. The molecule has 0 radical (unpaired) electrons. The Morgan fingerprint density at radius 2 is 1.95 bits per heavy atom. The highest BCUT2D eigenvalue weighted by atomic mass is 16.7. The lowest BCUT2D eigenvalue weighted by atomic mass is 9.99. The van der Waals surface area contributed by atoms with Gasteiger partial charge in [-0.3, -0.25) is 4.79 Å². The summed E-state index contributed by atoms with van der Waals surface area (Å²) >= 11 is 0. The predicted molar refractivity (Wildman–Crippen MR) is 80.1 cm³/mol. The Morgan fingerprint density at radius 3 is 2.81 bits per heavy atom. The number of hydrogen-bond donors (Lipinski definition) is 1. The summed E-state index contributed by atoms with van der Waals surface area (Å²) in [4.78, 5) is 11.4. The molecule has 4 nitrogen and oxygen atoms in total. The Hall–Kier alpha value is -2.49. The first-order valence-corrected chi connectivity index (χ1v) is 7.02. The number of benzene rings is 2. The molecular weight excluding hydrogens is 266 g/mol. The lowest BCUT2D eigenvalue weighted by molar-refractivity contribution is -0.120. The highest BCUT2D eigenvalue weighted by molar-refractivity contribution is 5.76. The van der Waals surface area contributed by atoms with Crippen molar-refractivity contribution in [1.29, 1.82) is 0 Å². The minimum absolute atomic E-state index is 0.0514. The Bertz CT molecular complexity index is 667. The van der Waals surface area contributed by atoms with Crippen LogP contribution >= 0.6 is 0 Å². The molecule has 3 rings (SSSR count). The normalized spacial score (nSPS) is 12.2. The van der Waals surface area contributed by atoms with Crippen LogP contribution in [0.4, 0.5) is 0 Å². The monoisotopic (exact) mass is 283 g/mol. The summed E-state index contributed by atoms with van der Waals surface area (Å²) in [5.41, 5.74) is 3.23. The number of carbonyl (C=O) groups excluding carboxylic acids is 1. The molecule has 108 valence electrons. The number of amides is 1. The Balaban J connectivity index is 1.89. The van der Waals surface area contributed by atoms with Gasteiger partial charge in [-0.2, -0.15) is 0 Å². The van der Waals surface area contributed by atoms with Crippen molar-refractivity contribution in [3.05, 3.63) is 48.0 Å². The standard InChI is InChI=1S/C17H17NO3/c1-2-17(19)18-10-13-5-3-4-6-14(13)12-7-8-15-16(9-12)21-11-20-15/h3-9H,2,10-11H2,1H3,(H,18,19). The van der Waals surface area contributed by atoms with Gasteiger partial charge in [0, 0.05) is 13.0 Å². The maximum Gasteiger partial charge on any atom is 0.231 e. The van der Waals surface area contributed by atoms with Crippen LogP contribution in [-0.4, -0.2) is 12.7 Å². The molecule has 0 saturated heterocycles. The van der Waals surface area contributed by atoms with E-state index in [2.05, 4.69) is 5.32 Å². The van der Waals surface area contributed by atoms with Crippen molar-refractivity contribution in [2.75, 3.05) is 6.79 Å². The van der Waals surface area contributed by atoms with E-state index in [-0.39, 0.29) is 12.7 Å². The molecule has 1 amide bonds. The molecule has 0 saturated carbocycles. The summed E-state index contributed by atoms with van der Waals surface area (Å²) in [6.07, 6.45) is 0.492. The van der Waals surface area contributed by atoms with Crippen molar-refractivity contribution in [2.24, 2.45) is 0 Å². The van der Waals surface area contributed by atoms with Gasteiger partial charge < -0.3 is 14.8 Å². The van der Waals surface area contributed by atoms with Crippen LogP contribution in [0.15, 0.2) is 42.5 Å². The van der Waals surface area contributed by atoms with E-state index in [1.54, 1.807) is 0 Å². The van der Waals surface area contributed by atoms with Crippen molar-refractivity contribution >= 4 is 5.91 Å². The fourth-order valence-electron chi connectivity index (χ4n) is 2.34. The number of carbonyl (C=O) groups is 1. The number of nitrogens with one attached hydrogen (secondary N) is 1. The summed E-state index contributed by atoms with van der Waals surface area (Å²) in [5, 5.41) is 2.92. The van der Waals surface area contributed by atoms with Gasteiger partial charge in [-0.05, 0) is 28.8 Å². The molecule has 4 heteroatoms. The van der Waals surface area contributed by atoms with Crippen molar-refractivity contribution in [2.45, 2.75) is 19.9 Å². The Kier molecular flexibility index (Phi) is 3.77. The van der Waals surface area contributed by atoms with E-state index in [0.717, 1.165) is 28.2 Å². The molecule has 21 heavy (non-hydrogen) atoms. The molecule has 2 aromatic carbocycles. The zero-order valence-electron chi connectivity index (χ0n) is 11.9. The molecule has 0 aromatic heterocycles. The molecule has 0 fully saturated rings. The summed E-state index contributed by atoms with van der Waals surface area (Å²) in [6.45, 7) is 2.64. The average molecular weight is 283 g/mol. The van der Waals surface area contributed by atoms with Crippen LogP contribution in [0, 0.1) is 0 Å². The topological polar surface area (TPSA) is 47.6 Å². The molecule has 1 aliphatic rings. The first-order chi connectivity index (χ1) is 10.3. The van der Waals surface area contributed by atoms with Crippen LogP contribution in [-0.2, 0) is 11.3 Å². The van der Waals surface area contributed by atoms with E-state index in [1.165, 1.54) is 0 Å². The second-order valence-electron chi connectivity index (χ2n) is 4.86. The average Bonchev–Trinajstić information content (AvgIpc) is 3.00. The summed E-state index contributed by atoms with van der Waals surface area (Å²) in [7, 11) is 0. The largest absolute Gasteiger partial charge is 0.454 e. The predicted octanol–water partition coefficient (Wildman–Crippen LogP) is 3.11. The molecule has 0 bridgehead atoms. The van der Waals surface area contributed by atoms with E-state index in [9.17, 15) is 4.79 Å². The second kappa shape index (κ2) is 5.87. The van der Waals surface area contributed by atoms with E-state index < -0.39 is 0 Å². The number of ether oxygens (including phenoxy) is 2. The van der Waals surface area contributed by atoms with Crippen LogP contribution in [0.25, 0.3) is 11.1 Å². The SMILES string of the molecule is CCC(=O)NCc1ccccc1-c1ccc2c(c1)OCO2. The molecule has 0 spiro atoms. The molecule has 1 aliphatic heterocycles. The van der Waals surface area contributed by atoms with Gasteiger partial charge in [-0.15, -0.1) is 0 Å². The third kappa shape index (κ3) is 2.84. The summed E-state index contributed by atoms with van der Waals surface area (Å²) in [6, 6.07) is 13.9. The van der Waals surface area contributed by atoms with Crippen molar-refractivity contribution < 1.29 is 14.3 Å². The molecular formula is C17H17NO3. The van der Waals surface area contributed by atoms with Crippen LogP contribution in [0.2, 0.25) is 0 Å². The van der Waals surface area contributed by atoms with Gasteiger partial charge in [0.25, 0.3) is 0 Å². The van der Waals surface area contributed by atoms with Crippen LogP contribution in [0.1, 0.15) is 18.9 Å². The zero-order valence-corrected chi connectivity index (χ0v) is 11.9. The molecule has 0 unspecified atom stereocenters. The molecule has 1 N–H and O–H groups in total. The van der Waals surface area contributed by atoms with E-state index in [0.29, 0.717) is 13.0 Å². The van der Waals surface area contributed by atoms with E-state index >= 15 is 0 Å². The van der Waals surface area contributed by atoms with Gasteiger partial charge in [-0.1, -0.05) is 37.3 Å². The fraction of sp³-hybridized carbons (Fsp3) is 0.235. The Morgan fingerprint density at radius 1 is 1.14 bits per heavy atom. The lowest BCUT2D eigenvalue weighted by Crippen LogP contribution is -2.21. The minimum atomic E-state index is 0.0514. The number of hydrogen-bond acceptors (Lipinski definition) is 3. The third-order valence-electron chi connectivity index (χ3n) is 3.50. The van der Waals surface area contributed by atoms with Gasteiger partial charge in [0.2, 0.25) is 12.7 Å². The second-order valence-corrected chi connectivity index (χ2v) is 4.86. The van der Waals surface area contributed by atoms with Crippen molar-refractivity contribution in [3.63, 3.8) is 0 Å². The molecule has 2 aromatic rings. The van der Waals surface area contributed by atoms with Crippen LogP contribution in [0.5, 0.6) is 11.5 Å². The fourth-order valence-corrected chi connectivity index (χ4v) is 2.34. The van der Waals surface area contributed by atoms with Gasteiger partial charge in [-0.25, -0.2) is 0 Å². The first kappa shape index (κ1) is 13.5. The van der Waals surface area contributed by atoms with Gasteiger partial charge >= 0.3 is 0 Å². The quantitative estimate of drug-likeness (QED) is 0.938. The van der Waals surface area contributed by atoms with Crippen LogP contribution < -0.4 is 14.8 Å². The lowest BCUT2D eigenvalue weighted by Gasteiger charge is -2.11. The summed E-state index contributed by atoms with van der Waals surface area (Å²) < 4.78 is 10.8. The smallest absolute Gasteiger partial charge is 0.231 e. The number of rotatable bonds is 4. The van der Waals surface area contributed by atoms with Gasteiger partial charge in [0.15, 0.2) is 11.5 Å². The van der Waals surface area contributed by atoms with Gasteiger partial charge in [0.05, 0.1) is 0 Å². The molecule has 0 atom stereocenters. The molecule has 0 aliphatic carbocycles. The minimum Gasteiger partial charge on any atom is -0.454 e. The highest BCUT2D eigenvalue weighted by Gasteiger charge is 2.15. The summed E-state index contributed by atoms with van der Waals surface area (Å²) in [5.74, 6) is 1.59. The van der Waals surface area contributed by atoms with E-state index in [4.69, 9.17) is 9.47 Å². The Labute approximate surface area is 123 Å². The van der Waals surface area contributed by atoms with Gasteiger partial charge in [0.1, 0.15) is 0 Å². The van der Waals surface area contributed by atoms with E-state index in [1.807, 2.05) is 49.4 Å². The first-order valence-electron chi connectivity index (χ1n) is 7.02. The molecule has 1 heterocycles. The van der Waals surface area contributed by atoms with Crippen molar-refractivity contribution in [1.82, 2.24) is 5.32 Å². The highest BCUT2D eigenvalue weighted by Crippen LogP contribution is 2.36. The maximum atomic E-state index is 11.4. The number of fused-ring (bicyclic) bond motifs is 1.